The van der Waals surface area contributed by atoms with E-state index in [1.807, 2.05) is 0 Å². The van der Waals surface area contributed by atoms with Gasteiger partial charge >= 0.3 is 5.97 Å². The Morgan fingerprint density at radius 1 is 1.00 bits per heavy atom. The lowest BCUT2D eigenvalue weighted by Gasteiger charge is -2.26. The van der Waals surface area contributed by atoms with Crippen LogP contribution in [0.3, 0.4) is 0 Å². The van der Waals surface area contributed by atoms with Crippen molar-refractivity contribution in [1.82, 2.24) is 9.62 Å². The number of hydrogen-bond acceptors (Lipinski definition) is 5. The molecule has 0 radical (unpaired) electrons. The van der Waals surface area contributed by atoms with Crippen LogP contribution in [0, 0.1) is 5.82 Å². The monoisotopic (exact) mass is 454 g/mol. The Morgan fingerprint density at radius 2 is 1.61 bits per heavy atom. The largest absolute Gasteiger partial charge is 0.452 e. The van der Waals surface area contributed by atoms with Crippen LogP contribution in [-0.2, 0) is 19.6 Å². The van der Waals surface area contributed by atoms with Crippen LogP contribution in [0.2, 0.25) is 0 Å². The molecule has 1 saturated heterocycles. The Labute approximate surface area is 183 Å². The van der Waals surface area contributed by atoms with E-state index in [4.69, 9.17) is 4.74 Å². The van der Waals surface area contributed by atoms with Gasteiger partial charge in [0.25, 0.3) is 5.91 Å². The highest BCUT2D eigenvalue weighted by atomic mass is 32.2. The Kier molecular flexibility index (Phi) is 8.43. The highest BCUT2D eigenvalue weighted by Crippen LogP contribution is 2.24. The number of nitrogens with one attached hydrogen (secondary N) is 1. The standard InChI is InChI=1S/C22H31FN2O5S/c23-19-12-11-17(15-20(19)31(28,29)25-13-7-4-8-14-25)22(27)30-16-21(26)24-18-9-5-2-1-3-6-10-18/h11-12,15,18H,1-10,13-14,16H2,(H,24,26). The van der Waals surface area contributed by atoms with E-state index in [0.29, 0.717) is 13.1 Å². The fourth-order valence-corrected chi connectivity index (χ4v) is 5.76. The van der Waals surface area contributed by atoms with Gasteiger partial charge in [0.15, 0.2) is 6.61 Å². The number of hydrogen-bond donors (Lipinski definition) is 1. The van der Waals surface area contributed by atoms with Gasteiger partial charge in [-0.15, -0.1) is 0 Å². The molecule has 1 amide bonds. The number of carbonyl (C=O) groups excluding carboxylic acids is 2. The summed E-state index contributed by atoms with van der Waals surface area (Å²) in [5, 5.41) is 2.90. The van der Waals surface area contributed by atoms with Crippen molar-refractivity contribution in [2.75, 3.05) is 19.7 Å². The van der Waals surface area contributed by atoms with Crippen molar-refractivity contribution in [3.63, 3.8) is 0 Å². The van der Waals surface area contributed by atoms with Crippen LogP contribution in [0.25, 0.3) is 0 Å². The average Bonchev–Trinajstić information content (AvgIpc) is 2.74. The summed E-state index contributed by atoms with van der Waals surface area (Å²) in [4.78, 5) is 24.0. The van der Waals surface area contributed by atoms with E-state index in [1.54, 1.807) is 0 Å². The molecule has 1 saturated carbocycles. The summed E-state index contributed by atoms with van der Waals surface area (Å²) in [6, 6.07) is 3.19. The second kappa shape index (κ2) is 11.0. The van der Waals surface area contributed by atoms with Crippen molar-refractivity contribution in [2.45, 2.75) is 75.1 Å². The quantitative estimate of drug-likeness (QED) is 0.665. The van der Waals surface area contributed by atoms with Crippen LogP contribution in [0.5, 0.6) is 0 Å². The van der Waals surface area contributed by atoms with E-state index in [1.165, 1.54) is 16.8 Å². The smallest absolute Gasteiger partial charge is 0.338 e. The number of rotatable bonds is 6. The molecule has 2 aliphatic rings. The maximum Gasteiger partial charge on any atom is 0.338 e. The molecule has 0 atom stereocenters. The Bertz CT molecular complexity index is 876. The second-order valence-corrected chi connectivity index (χ2v) is 10.2. The number of amides is 1. The Balaban J connectivity index is 1.60. The van der Waals surface area contributed by atoms with Gasteiger partial charge in [0.1, 0.15) is 10.7 Å². The molecule has 1 aliphatic carbocycles. The van der Waals surface area contributed by atoms with E-state index < -0.39 is 33.3 Å². The summed E-state index contributed by atoms with van der Waals surface area (Å²) in [5.41, 5.74) is -0.101. The molecule has 31 heavy (non-hydrogen) atoms. The Morgan fingerprint density at radius 3 is 2.29 bits per heavy atom. The topological polar surface area (TPSA) is 92.8 Å². The van der Waals surface area contributed by atoms with Crippen LogP contribution in [0.4, 0.5) is 4.39 Å². The third kappa shape index (κ3) is 6.49. The summed E-state index contributed by atoms with van der Waals surface area (Å²) in [6.07, 6.45) is 9.88. The molecule has 1 aromatic carbocycles. The first-order valence-corrected chi connectivity index (χ1v) is 12.6. The first kappa shape index (κ1) is 23.7. The van der Waals surface area contributed by atoms with Crippen molar-refractivity contribution in [2.24, 2.45) is 0 Å². The van der Waals surface area contributed by atoms with Crippen LogP contribution in [-0.4, -0.2) is 50.3 Å². The zero-order valence-corrected chi connectivity index (χ0v) is 18.6. The van der Waals surface area contributed by atoms with Gasteiger partial charge < -0.3 is 10.1 Å². The summed E-state index contributed by atoms with van der Waals surface area (Å²) in [6.45, 7) is 0.205. The minimum atomic E-state index is -4.03. The molecular weight excluding hydrogens is 423 g/mol. The van der Waals surface area contributed by atoms with Gasteiger partial charge in [-0.1, -0.05) is 38.5 Å². The van der Waals surface area contributed by atoms with Crippen molar-refractivity contribution in [1.29, 1.82) is 0 Å². The lowest BCUT2D eigenvalue weighted by molar-refractivity contribution is -0.125. The number of sulfonamides is 1. The van der Waals surface area contributed by atoms with Crippen LogP contribution in [0.15, 0.2) is 23.1 Å². The molecule has 0 aromatic heterocycles. The summed E-state index contributed by atoms with van der Waals surface area (Å²) >= 11 is 0. The van der Waals surface area contributed by atoms with Gasteiger partial charge in [-0.25, -0.2) is 17.6 Å². The molecule has 1 N–H and O–H groups in total. The Hall–Kier alpha value is -2.00. The average molecular weight is 455 g/mol. The molecule has 0 spiro atoms. The molecule has 1 heterocycles. The number of piperidine rings is 1. The van der Waals surface area contributed by atoms with Crippen LogP contribution >= 0.6 is 0 Å². The lowest BCUT2D eigenvalue weighted by atomic mass is 9.97. The SMILES string of the molecule is O=C(COC(=O)c1ccc(F)c(S(=O)(=O)N2CCCCC2)c1)NC1CCCCCCC1. The number of halogens is 1. The third-order valence-electron chi connectivity index (χ3n) is 5.90. The van der Waals surface area contributed by atoms with E-state index in [2.05, 4.69) is 5.32 Å². The normalized spacial score (nSPS) is 19.3. The number of ether oxygens (including phenoxy) is 1. The highest BCUT2D eigenvalue weighted by Gasteiger charge is 2.29. The van der Waals surface area contributed by atoms with Crippen molar-refractivity contribution < 1.29 is 27.1 Å². The first-order chi connectivity index (χ1) is 14.9. The van der Waals surface area contributed by atoms with Crippen molar-refractivity contribution >= 4 is 21.9 Å². The zero-order valence-electron chi connectivity index (χ0n) is 17.8. The van der Waals surface area contributed by atoms with E-state index >= 15 is 0 Å². The molecule has 0 unspecified atom stereocenters. The van der Waals surface area contributed by atoms with Gasteiger partial charge in [0.05, 0.1) is 5.56 Å². The predicted molar refractivity (Wildman–Crippen MR) is 114 cm³/mol. The number of nitrogens with zero attached hydrogens (tertiary/aromatic N) is 1. The third-order valence-corrected chi connectivity index (χ3v) is 7.82. The van der Waals surface area contributed by atoms with Gasteiger partial charge in [-0.05, 0) is 43.9 Å². The number of carbonyl (C=O) groups is 2. The zero-order chi connectivity index (χ0) is 22.3. The predicted octanol–water partition coefficient (Wildman–Crippen LogP) is 3.39. The van der Waals surface area contributed by atoms with Crippen LogP contribution < -0.4 is 5.32 Å². The molecule has 3 rings (SSSR count). The van der Waals surface area contributed by atoms with Crippen molar-refractivity contribution in [3.05, 3.63) is 29.6 Å². The van der Waals surface area contributed by atoms with Gasteiger partial charge in [-0.2, -0.15) is 4.31 Å². The van der Waals surface area contributed by atoms with E-state index in [9.17, 15) is 22.4 Å². The maximum absolute atomic E-state index is 14.3. The van der Waals surface area contributed by atoms with Gasteiger partial charge in [-0.3, -0.25) is 4.79 Å². The summed E-state index contributed by atoms with van der Waals surface area (Å²) in [7, 11) is -4.03. The molecule has 1 aliphatic heterocycles. The minimum Gasteiger partial charge on any atom is -0.452 e. The fraction of sp³-hybridized carbons (Fsp3) is 0.636. The molecule has 9 heteroatoms. The molecule has 0 bridgehead atoms. The van der Waals surface area contributed by atoms with Crippen molar-refractivity contribution in [3.8, 4) is 0 Å². The molecular formula is C22H31FN2O5S. The van der Waals surface area contributed by atoms with E-state index in [-0.39, 0.29) is 17.5 Å². The fourth-order valence-electron chi connectivity index (χ4n) is 4.16. The summed E-state index contributed by atoms with van der Waals surface area (Å²) in [5.74, 6) is -2.16. The van der Waals surface area contributed by atoms with Gasteiger partial charge in [0.2, 0.25) is 10.0 Å². The van der Waals surface area contributed by atoms with E-state index in [0.717, 1.165) is 69.9 Å². The molecule has 172 valence electrons. The van der Waals surface area contributed by atoms with Gasteiger partial charge in [0, 0.05) is 19.1 Å². The maximum atomic E-state index is 14.3. The molecule has 7 nitrogen and oxygen atoms in total. The van der Waals surface area contributed by atoms with Crippen LogP contribution in [0.1, 0.15) is 74.6 Å². The second-order valence-electron chi connectivity index (χ2n) is 8.30. The summed E-state index contributed by atoms with van der Waals surface area (Å²) < 4.78 is 46.2. The molecule has 1 aromatic rings. The molecule has 2 fully saturated rings. The number of benzene rings is 1. The first-order valence-electron chi connectivity index (χ1n) is 11.1. The lowest BCUT2D eigenvalue weighted by Crippen LogP contribution is -2.38. The number of esters is 1. The highest BCUT2D eigenvalue weighted by molar-refractivity contribution is 7.89. The minimum absolute atomic E-state index is 0.0820.